The third-order valence-electron chi connectivity index (χ3n) is 3.59. The highest BCUT2D eigenvalue weighted by Crippen LogP contribution is 2.31. The van der Waals surface area contributed by atoms with Gasteiger partial charge in [0.25, 0.3) is 11.7 Å². The number of fused-ring (bicyclic) bond motifs is 1. The fraction of sp³-hybridized carbons (Fsp3) is 0.400. The number of rotatable bonds is 5. The number of carbonyl (C=O) groups excluding carboxylic acids is 3. The monoisotopic (exact) mass is 308 g/mol. The fourth-order valence-electron chi connectivity index (χ4n) is 2.33. The van der Waals surface area contributed by atoms with Crippen LogP contribution in [0.2, 0.25) is 5.02 Å². The van der Waals surface area contributed by atoms with Crippen LogP contribution in [0.1, 0.15) is 37.0 Å². The van der Waals surface area contributed by atoms with Crippen molar-refractivity contribution < 1.29 is 14.4 Å². The van der Waals surface area contributed by atoms with Gasteiger partial charge in [0.05, 0.1) is 11.3 Å². The first-order chi connectivity index (χ1) is 9.97. The molecule has 0 unspecified atom stereocenters. The minimum Gasteiger partial charge on any atom is -0.352 e. The van der Waals surface area contributed by atoms with Gasteiger partial charge in [-0.2, -0.15) is 0 Å². The molecule has 21 heavy (non-hydrogen) atoms. The van der Waals surface area contributed by atoms with Crippen LogP contribution < -0.4 is 10.2 Å². The highest BCUT2D eigenvalue weighted by molar-refractivity contribution is 6.53. The van der Waals surface area contributed by atoms with E-state index in [0.717, 1.165) is 12.8 Å². The molecule has 5 nitrogen and oxygen atoms in total. The van der Waals surface area contributed by atoms with Gasteiger partial charge in [-0.3, -0.25) is 19.3 Å². The molecule has 6 heteroatoms. The van der Waals surface area contributed by atoms with E-state index in [1.807, 2.05) is 13.8 Å². The molecule has 0 atom stereocenters. The second-order valence-electron chi connectivity index (χ2n) is 4.96. The van der Waals surface area contributed by atoms with Crippen molar-refractivity contribution in [2.45, 2.75) is 32.7 Å². The van der Waals surface area contributed by atoms with Gasteiger partial charge in [0.1, 0.15) is 6.54 Å². The van der Waals surface area contributed by atoms with E-state index >= 15 is 0 Å². The summed E-state index contributed by atoms with van der Waals surface area (Å²) in [5.41, 5.74) is 0.692. The van der Waals surface area contributed by atoms with Gasteiger partial charge in [-0.15, -0.1) is 0 Å². The Balaban J connectivity index is 2.18. The predicted octanol–water partition coefficient (Wildman–Crippen LogP) is 2.17. The molecule has 2 rings (SSSR count). The zero-order chi connectivity index (χ0) is 15.6. The first-order valence-electron chi connectivity index (χ1n) is 6.93. The average Bonchev–Trinajstić information content (AvgIpc) is 2.69. The molecule has 0 bridgehead atoms. The molecule has 1 N–H and O–H groups in total. The number of nitrogens with one attached hydrogen (secondary N) is 1. The van der Waals surface area contributed by atoms with Gasteiger partial charge in [-0.1, -0.05) is 25.4 Å². The molecule has 0 aromatic heterocycles. The van der Waals surface area contributed by atoms with Crippen molar-refractivity contribution in [3.63, 3.8) is 0 Å². The Hall–Kier alpha value is -1.88. The van der Waals surface area contributed by atoms with Crippen LogP contribution >= 0.6 is 11.6 Å². The molecule has 0 saturated carbocycles. The zero-order valence-electron chi connectivity index (χ0n) is 12.0. The lowest BCUT2D eigenvalue weighted by Crippen LogP contribution is -2.43. The molecule has 0 aliphatic carbocycles. The lowest BCUT2D eigenvalue weighted by atomic mass is 10.1. The maximum absolute atomic E-state index is 12.0. The molecule has 0 fully saturated rings. The van der Waals surface area contributed by atoms with E-state index in [0.29, 0.717) is 16.3 Å². The number of ketones is 1. The molecule has 0 radical (unpaired) electrons. The van der Waals surface area contributed by atoms with E-state index in [4.69, 9.17) is 11.6 Å². The van der Waals surface area contributed by atoms with Gasteiger partial charge in [0, 0.05) is 11.1 Å². The lowest BCUT2D eigenvalue weighted by Gasteiger charge is -2.19. The minimum absolute atomic E-state index is 0.0738. The van der Waals surface area contributed by atoms with Crippen molar-refractivity contribution in [1.82, 2.24) is 5.32 Å². The second kappa shape index (κ2) is 6.26. The summed E-state index contributed by atoms with van der Waals surface area (Å²) in [6, 6.07) is 4.67. The van der Waals surface area contributed by atoms with Crippen LogP contribution in [0.15, 0.2) is 18.2 Å². The first kappa shape index (κ1) is 15.5. The first-order valence-corrected chi connectivity index (χ1v) is 7.30. The summed E-state index contributed by atoms with van der Waals surface area (Å²) in [4.78, 5) is 37.1. The Morgan fingerprint density at radius 3 is 2.57 bits per heavy atom. The molecule has 1 aliphatic rings. The topological polar surface area (TPSA) is 66.5 Å². The number of hydrogen-bond donors (Lipinski definition) is 1. The number of carbonyl (C=O) groups is 3. The van der Waals surface area contributed by atoms with Crippen LogP contribution in [0.25, 0.3) is 0 Å². The van der Waals surface area contributed by atoms with E-state index in [-0.39, 0.29) is 18.5 Å². The quantitative estimate of drug-likeness (QED) is 0.848. The molecule has 1 heterocycles. The standard InChI is InChI=1S/C15H17ClN2O3/c1-3-10(4-2)17-13(19)8-18-12-7-9(16)5-6-11(12)14(20)15(18)21/h5-7,10H,3-4,8H2,1-2H3,(H,17,19). The summed E-state index contributed by atoms with van der Waals surface area (Å²) in [6.45, 7) is 3.79. The predicted molar refractivity (Wildman–Crippen MR) is 80.6 cm³/mol. The van der Waals surface area contributed by atoms with Crippen molar-refractivity contribution in [3.05, 3.63) is 28.8 Å². The van der Waals surface area contributed by atoms with E-state index in [1.165, 1.54) is 17.0 Å². The van der Waals surface area contributed by atoms with Crippen LogP contribution in [0.5, 0.6) is 0 Å². The average molecular weight is 309 g/mol. The third-order valence-corrected chi connectivity index (χ3v) is 3.82. The highest BCUT2D eigenvalue weighted by atomic mass is 35.5. The number of Topliss-reactive ketones (excluding diaryl/α,β-unsaturated/α-hetero) is 1. The van der Waals surface area contributed by atoms with Crippen molar-refractivity contribution in [2.24, 2.45) is 0 Å². The summed E-state index contributed by atoms with van der Waals surface area (Å²) >= 11 is 5.90. The Bertz CT molecular complexity index is 597. The van der Waals surface area contributed by atoms with Crippen LogP contribution in [0.3, 0.4) is 0 Å². The van der Waals surface area contributed by atoms with Gasteiger partial charge >= 0.3 is 0 Å². The largest absolute Gasteiger partial charge is 0.352 e. The summed E-state index contributed by atoms with van der Waals surface area (Å²) in [5.74, 6) is -1.57. The zero-order valence-corrected chi connectivity index (χ0v) is 12.7. The second-order valence-corrected chi connectivity index (χ2v) is 5.40. The van der Waals surface area contributed by atoms with Gasteiger partial charge in [0.15, 0.2) is 0 Å². The molecule has 0 saturated heterocycles. The van der Waals surface area contributed by atoms with E-state index in [9.17, 15) is 14.4 Å². The maximum atomic E-state index is 12.0. The molecule has 2 amide bonds. The number of benzene rings is 1. The molecule has 1 aliphatic heterocycles. The van der Waals surface area contributed by atoms with Crippen molar-refractivity contribution >= 4 is 34.9 Å². The van der Waals surface area contributed by atoms with Crippen molar-refractivity contribution in [2.75, 3.05) is 11.4 Å². The Morgan fingerprint density at radius 2 is 1.95 bits per heavy atom. The Labute approximate surface area is 128 Å². The fourth-order valence-corrected chi connectivity index (χ4v) is 2.50. The minimum atomic E-state index is -0.688. The molecule has 1 aromatic carbocycles. The number of amides is 2. The molecular formula is C15H17ClN2O3. The summed E-state index contributed by atoms with van der Waals surface area (Å²) in [6.07, 6.45) is 1.63. The van der Waals surface area contributed by atoms with E-state index < -0.39 is 11.7 Å². The summed E-state index contributed by atoms with van der Waals surface area (Å²) < 4.78 is 0. The van der Waals surface area contributed by atoms with Gasteiger partial charge in [-0.25, -0.2) is 0 Å². The number of halogens is 1. The van der Waals surface area contributed by atoms with E-state index in [1.54, 1.807) is 6.07 Å². The van der Waals surface area contributed by atoms with Crippen LogP contribution in [0.4, 0.5) is 5.69 Å². The van der Waals surface area contributed by atoms with Gasteiger partial charge in [0.2, 0.25) is 5.91 Å². The maximum Gasteiger partial charge on any atom is 0.299 e. The number of hydrogen-bond acceptors (Lipinski definition) is 3. The Kier molecular flexibility index (Phi) is 4.63. The highest BCUT2D eigenvalue weighted by Gasteiger charge is 2.36. The van der Waals surface area contributed by atoms with Crippen LogP contribution in [-0.2, 0) is 9.59 Å². The SMILES string of the molecule is CCC(CC)NC(=O)CN1C(=O)C(=O)c2ccc(Cl)cc21. The normalized spacial score (nSPS) is 13.8. The third kappa shape index (κ3) is 3.08. The summed E-state index contributed by atoms with van der Waals surface area (Å²) in [7, 11) is 0. The van der Waals surface area contributed by atoms with Gasteiger partial charge in [-0.05, 0) is 31.0 Å². The van der Waals surface area contributed by atoms with E-state index in [2.05, 4.69) is 5.32 Å². The molecule has 0 spiro atoms. The smallest absolute Gasteiger partial charge is 0.299 e. The summed E-state index contributed by atoms with van der Waals surface area (Å²) in [5, 5.41) is 3.27. The lowest BCUT2D eigenvalue weighted by molar-refractivity contribution is -0.122. The van der Waals surface area contributed by atoms with Crippen molar-refractivity contribution in [1.29, 1.82) is 0 Å². The van der Waals surface area contributed by atoms with Gasteiger partial charge < -0.3 is 5.32 Å². The van der Waals surface area contributed by atoms with Crippen LogP contribution in [-0.4, -0.2) is 30.2 Å². The molecular weight excluding hydrogens is 292 g/mol. The molecule has 112 valence electrons. The Morgan fingerprint density at radius 1 is 1.29 bits per heavy atom. The van der Waals surface area contributed by atoms with Crippen LogP contribution in [0, 0.1) is 0 Å². The number of anilines is 1. The molecule has 1 aromatic rings. The number of nitrogens with zero attached hydrogens (tertiary/aromatic N) is 1. The van der Waals surface area contributed by atoms with Crippen molar-refractivity contribution in [3.8, 4) is 0 Å².